The summed E-state index contributed by atoms with van der Waals surface area (Å²) in [6.07, 6.45) is 0.986. The average Bonchev–Trinajstić information content (AvgIpc) is 3.06. The maximum absolute atomic E-state index is 12.6. The van der Waals surface area contributed by atoms with Gasteiger partial charge in [-0.25, -0.2) is 13.4 Å². The molecule has 0 saturated heterocycles. The van der Waals surface area contributed by atoms with Gasteiger partial charge in [0.2, 0.25) is 0 Å². The number of amides is 1. The molecule has 0 aliphatic carbocycles. The van der Waals surface area contributed by atoms with Gasteiger partial charge in [0.05, 0.1) is 10.8 Å². The molecule has 0 aliphatic heterocycles. The molecule has 0 unspecified atom stereocenters. The zero-order valence-electron chi connectivity index (χ0n) is 15.6. The summed E-state index contributed by atoms with van der Waals surface area (Å²) in [5.74, 6) is -0.941. The number of anilines is 1. The monoisotopic (exact) mass is 410 g/mol. The highest BCUT2D eigenvalue weighted by Gasteiger charge is 2.27. The summed E-state index contributed by atoms with van der Waals surface area (Å²) in [4.78, 5) is 27.9. The van der Waals surface area contributed by atoms with E-state index in [4.69, 9.17) is 4.74 Å². The Labute approximate surface area is 162 Å². The van der Waals surface area contributed by atoms with Crippen molar-refractivity contribution in [2.45, 2.75) is 50.8 Å². The molecule has 1 aromatic heterocycles. The number of nitrogens with zero attached hydrogens (tertiary/aromatic N) is 1. The van der Waals surface area contributed by atoms with Crippen molar-refractivity contribution >= 4 is 38.2 Å². The molecule has 2 aromatic rings. The fourth-order valence-electron chi connectivity index (χ4n) is 2.57. The number of aryl methyl sites for hydroxylation is 1. The van der Waals surface area contributed by atoms with E-state index in [1.54, 1.807) is 19.1 Å². The SMILES string of the molecule is CCC(CC)S(=O)(=O)c1csc(NC(=O)c2cc(C)ccc2OC(C)=O)n1. The molecule has 0 aliphatic rings. The Kier molecular flexibility index (Phi) is 6.72. The van der Waals surface area contributed by atoms with Crippen molar-refractivity contribution in [3.8, 4) is 5.75 Å². The number of hydrogen-bond acceptors (Lipinski definition) is 7. The lowest BCUT2D eigenvalue weighted by Crippen LogP contribution is -2.20. The minimum absolute atomic E-state index is 0.0408. The molecule has 9 heteroatoms. The third-order valence-corrected chi connectivity index (χ3v) is 7.22. The molecule has 2 rings (SSSR count). The molecule has 1 heterocycles. The quantitative estimate of drug-likeness (QED) is 0.553. The number of carbonyl (C=O) groups excluding carboxylic acids is 2. The molecule has 1 aromatic carbocycles. The number of esters is 1. The number of benzene rings is 1. The number of ether oxygens (including phenoxy) is 1. The number of carbonyl (C=O) groups is 2. The normalized spacial score (nSPS) is 11.4. The summed E-state index contributed by atoms with van der Waals surface area (Å²) in [7, 11) is -3.53. The van der Waals surface area contributed by atoms with Gasteiger partial charge in [-0.15, -0.1) is 11.3 Å². The molecule has 7 nitrogen and oxygen atoms in total. The van der Waals surface area contributed by atoms with Gasteiger partial charge in [0, 0.05) is 12.3 Å². The largest absolute Gasteiger partial charge is 0.426 e. The summed E-state index contributed by atoms with van der Waals surface area (Å²) in [6, 6.07) is 4.85. The van der Waals surface area contributed by atoms with E-state index in [1.807, 2.05) is 13.8 Å². The summed E-state index contributed by atoms with van der Waals surface area (Å²) < 4.78 is 30.2. The molecule has 1 N–H and O–H groups in total. The van der Waals surface area contributed by atoms with Gasteiger partial charge in [0.25, 0.3) is 5.91 Å². The lowest BCUT2D eigenvalue weighted by molar-refractivity contribution is -0.131. The number of thiazole rings is 1. The van der Waals surface area contributed by atoms with Gasteiger partial charge >= 0.3 is 5.97 Å². The van der Waals surface area contributed by atoms with Crippen LogP contribution in [0.4, 0.5) is 5.13 Å². The second-order valence-corrected chi connectivity index (χ2v) is 9.05. The van der Waals surface area contributed by atoms with Crippen molar-refractivity contribution in [2.24, 2.45) is 0 Å². The van der Waals surface area contributed by atoms with E-state index < -0.39 is 27.0 Å². The van der Waals surface area contributed by atoms with Crippen molar-refractivity contribution in [1.82, 2.24) is 4.98 Å². The Morgan fingerprint density at radius 2 is 1.93 bits per heavy atom. The van der Waals surface area contributed by atoms with Crippen molar-refractivity contribution in [3.05, 3.63) is 34.7 Å². The van der Waals surface area contributed by atoms with Crippen LogP contribution in [-0.2, 0) is 14.6 Å². The summed E-state index contributed by atoms with van der Waals surface area (Å²) in [6.45, 7) is 6.68. The number of rotatable bonds is 7. The van der Waals surface area contributed by atoms with Crippen LogP contribution in [0.25, 0.3) is 0 Å². The van der Waals surface area contributed by atoms with Crippen molar-refractivity contribution in [3.63, 3.8) is 0 Å². The van der Waals surface area contributed by atoms with Crippen molar-refractivity contribution in [2.75, 3.05) is 5.32 Å². The predicted molar refractivity (Wildman–Crippen MR) is 104 cm³/mol. The van der Waals surface area contributed by atoms with E-state index in [2.05, 4.69) is 10.3 Å². The standard InChI is InChI=1S/C18H22N2O5S2/c1-5-13(6-2)27(23,24)16-10-26-18(19-16)20-17(22)14-9-11(3)7-8-15(14)25-12(4)21/h7-10,13H,5-6H2,1-4H3,(H,19,20,22). The molecular weight excluding hydrogens is 388 g/mol. The smallest absolute Gasteiger partial charge is 0.308 e. The second kappa shape index (κ2) is 8.62. The zero-order chi connectivity index (χ0) is 20.2. The highest BCUT2D eigenvalue weighted by molar-refractivity contribution is 7.92. The fourth-order valence-corrected chi connectivity index (χ4v) is 5.32. The third kappa shape index (κ3) is 4.92. The topological polar surface area (TPSA) is 102 Å². The Morgan fingerprint density at radius 1 is 1.26 bits per heavy atom. The highest BCUT2D eigenvalue weighted by Crippen LogP contribution is 2.27. The van der Waals surface area contributed by atoms with Crippen LogP contribution in [0.5, 0.6) is 5.75 Å². The minimum atomic E-state index is -3.53. The van der Waals surface area contributed by atoms with Crippen molar-refractivity contribution in [1.29, 1.82) is 0 Å². The van der Waals surface area contributed by atoms with Crippen molar-refractivity contribution < 1.29 is 22.7 Å². The van der Waals surface area contributed by atoms with E-state index >= 15 is 0 Å². The minimum Gasteiger partial charge on any atom is -0.426 e. The Morgan fingerprint density at radius 3 is 2.52 bits per heavy atom. The van der Waals surface area contributed by atoms with Crippen LogP contribution in [0.3, 0.4) is 0 Å². The summed E-state index contributed by atoms with van der Waals surface area (Å²) in [5, 5.41) is 3.62. The summed E-state index contributed by atoms with van der Waals surface area (Å²) in [5.41, 5.74) is 0.983. The van der Waals surface area contributed by atoms with Crippen LogP contribution in [0.1, 0.15) is 49.5 Å². The number of aromatic nitrogens is 1. The molecule has 146 valence electrons. The fraction of sp³-hybridized carbons (Fsp3) is 0.389. The van der Waals surface area contributed by atoms with Crippen LogP contribution in [0.2, 0.25) is 0 Å². The van der Waals surface area contributed by atoms with Gasteiger partial charge in [0.15, 0.2) is 20.0 Å². The molecule has 0 bridgehead atoms. The van der Waals surface area contributed by atoms with E-state index in [0.29, 0.717) is 12.8 Å². The molecule has 0 saturated carbocycles. The van der Waals surface area contributed by atoms with Gasteiger partial charge in [-0.1, -0.05) is 25.5 Å². The highest BCUT2D eigenvalue weighted by atomic mass is 32.2. The van der Waals surface area contributed by atoms with E-state index in [-0.39, 0.29) is 21.5 Å². The van der Waals surface area contributed by atoms with Crippen LogP contribution in [0, 0.1) is 6.92 Å². The van der Waals surface area contributed by atoms with Crippen LogP contribution < -0.4 is 10.1 Å². The molecule has 1 amide bonds. The first kappa shape index (κ1) is 21.0. The Balaban J connectivity index is 2.27. The first-order chi connectivity index (χ1) is 12.7. The third-order valence-electron chi connectivity index (χ3n) is 3.98. The average molecular weight is 411 g/mol. The molecule has 0 radical (unpaired) electrons. The van der Waals surface area contributed by atoms with Gasteiger partial charge in [0.1, 0.15) is 5.75 Å². The molecule has 0 atom stereocenters. The number of nitrogens with one attached hydrogen (secondary N) is 1. The van der Waals surface area contributed by atoms with E-state index in [1.165, 1.54) is 18.4 Å². The summed E-state index contributed by atoms with van der Waals surface area (Å²) >= 11 is 1.03. The maximum atomic E-state index is 12.6. The van der Waals surface area contributed by atoms with Gasteiger partial charge in [-0.2, -0.15) is 0 Å². The number of sulfone groups is 1. The first-order valence-corrected chi connectivity index (χ1v) is 10.9. The molecular formula is C18H22N2O5S2. The van der Waals surface area contributed by atoms with Gasteiger partial charge < -0.3 is 4.74 Å². The van der Waals surface area contributed by atoms with Crippen LogP contribution in [0.15, 0.2) is 28.6 Å². The molecule has 0 fully saturated rings. The van der Waals surface area contributed by atoms with Gasteiger partial charge in [-0.05, 0) is 31.9 Å². The number of hydrogen-bond donors (Lipinski definition) is 1. The Bertz CT molecular complexity index is 946. The molecule has 27 heavy (non-hydrogen) atoms. The second-order valence-electron chi connectivity index (χ2n) is 6.02. The van der Waals surface area contributed by atoms with Gasteiger partial charge in [-0.3, -0.25) is 14.9 Å². The zero-order valence-corrected chi connectivity index (χ0v) is 17.2. The lowest BCUT2D eigenvalue weighted by atomic mass is 10.1. The Hall–Kier alpha value is -2.26. The maximum Gasteiger partial charge on any atom is 0.308 e. The first-order valence-electron chi connectivity index (χ1n) is 8.48. The van der Waals surface area contributed by atoms with E-state index in [9.17, 15) is 18.0 Å². The van der Waals surface area contributed by atoms with Crippen LogP contribution >= 0.6 is 11.3 Å². The van der Waals surface area contributed by atoms with E-state index in [0.717, 1.165) is 16.9 Å². The van der Waals surface area contributed by atoms with Crippen LogP contribution in [-0.4, -0.2) is 30.5 Å². The predicted octanol–water partition coefficient (Wildman–Crippen LogP) is 3.59. The molecule has 0 spiro atoms. The lowest BCUT2D eigenvalue weighted by Gasteiger charge is -2.11.